The van der Waals surface area contributed by atoms with Gasteiger partial charge in [0, 0.05) is 0 Å². The van der Waals surface area contributed by atoms with Gasteiger partial charge in [-0.3, -0.25) is 0 Å². The topological polar surface area (TPSA) is 63.6 Å². The number of rotatable bonds is 12. The summed E-state index contributed by atoms with van der Waals surface area (Å²) in [4.78, 5) is -0.106. The minimum absolute atomic E-state index is 0.106. The largest absolute Gasteiger partial charge is 0.506 e. The number of hydrogen-bond donors (Lipinski definition) is 1. The van der Waals surface area contributed by atoms with E-state index in [2.05, 4.69) is 39.8 Å². The number of aryl methyl sites for hydroxylation is 1. The molecule has 5 heteroatoms. The Morgan fingerprint density at radius 2 is 1.66 bits per heavy atom. The molecule has 2 aromatic carbocycles. The van der Waals surface area contributed by atoms with Crippen molar-refractivity contribution >= 4 is 10.1 Å². The van der Waals surface area contributed by atoms with E-state index in [0.29, 0.717) is 24.0 Å². The monoisotopic (exact) mass is 456 g/mol. The molecular weight excluding hydrogens is 420 g/mol. The SMILES string of the molecule is CCCCCc1ccc(C/C=C(\C)CCC=C(C)C)c(O)c1S(=O)(=O)Oc1ccccc1. The highest BCUT2D eigenvalue weighted by Gasteiger charge is 2.27. The van der Waals surface area contributed by atoms with Crippen molar-refractivity contribution in [2.24, 2.45) is 0 Å². The van der Waals surface area contributed by atoms with Gasteiger partial charge in [-0.2, -0.15) is 8.42 Å². The third-order valence-corrected chi connectivity index (χ3v) is 6.67. The average Bonchev–Trinajstić information content (AvgIpc) is 2.73. The summed E-state index contributed by atoms with van der Waals surface area (Å²) in [5.41, 5.74) is 3.68. The first kappa shape index (κ1) is 25.7. The molecule has 0 bridgehead atoms. The van der Waals surface area contributed by atoms with Crippen LogP contribution in [0.1, 0.15) is 70.9 Å². The van der Waals surface area contributed by atoms with Crippen molar-refractivity contribution in [1.29, 1.82) is 0 Å². The fourth-order valence-electron chi connectivity index (χ4n) is 3.48. The van der Waals surface area contributed by atoms with Gasteiger partial charge >= 0.3 is 10.1 Å². The van der Waals surface area contributed by atoms with E-state index in [1.807, 2.05) is 12.1 Å². The standard InChI is InChI=1S/C27H36O4S/c1-5-6-8-14-24-20-19-23(18-17-22(4)13-11-12-21(2)3)26(28)27(24)32(29,30)31-25-15-9-7-10-16-25/h7,9-10,12,15-17,19-20,28H,5-6,8,11,13-14,18H2,1-4H3/b22-17+. The Morgan fingerprint density at radius 1 is 0.969 bits per heavy atom. The smallest absolute Gasteiger partial charge is 0.343 e. The van der Waals surface area contributed by atoms with Crippen LogP contribution in [0.15, 0.2) is 70.7 Å². The van der Waals surface area contributed by atoms with E-state index in [0.717, 1.165) is 32.1 Å². The molecule has 0 aliphatic carbocycles. The molecule has 0 unspecified atom stereocenters. The number of aromatic hydroxyl groups is 1. The molecule has 0 saturated carbocycles. The van der Waals surface area contributed by atoms with E-state index < -0.39 is 10.1 Å². The lowest BCUT2D eigenvalue weighted by Gasteiger charge is -2.15. The summed E-state index contributed by atoms with van der Waals surface area (Å²) in [6.07, 6.45) is 10.1. The van der Waals surface area contributed by atoms with E-state index in [9.17, 15) is 13.5 Å². The average molecular weight is 457 g/mol. The summed E-state index contributed by atoms with van der Waals surface area (Å²) in [7, 11) is -4.18. The molecule has 0 fully saturated rings. The van der Waals surface area contributed by atoms with Gasteiger partial charge in [0.05, 0.1) is 0 Å². The van der Waals surface area contributed by atoms with Crippen LogP contribution in [0.4, 0.5) is 0 Å². The number of phenols is 1. The predicted octanol–water partition coefficient (Wildman–Crippen LogP) is 7.13. The number of unbranched alkanes of at least 4 members (excludes halogenated alkanes) is 2. The van der Waals surface area contributed by atoms with Gasteiger partial charge in [0.2, 0.25) is 0 Å². The summed E-state index contributed by atoms with van der Waals surface area (Å²) in [6, 6.07) is 12.1. The van der Waals surface area contributed by atoms with E-state index in [4.69, 9.17) is 4.18 Å². The van der Waals surface area contributed by atoms with Crippen LogP contribution in [0.2, 0.25) is 0 Å². The van der Waals surface area contributed by atoms with Crippen molar-refractivity contribution in [2.75, 3.05) is 0 Å². The van der Waals surface area contributed by atoms with Gasteiger partial charge in [-0.25, -0.2) is 0 Å². The summed E-state index contributed by atoms with van der Waals surface area (Å²) < 4.78 is 31.7. The van der Waals surface area contributed by atoms with Crippen LogP contribution in [-0.2, 0) is 23.0 Å². The lowest BCUT2D eigenvalue weighted by atomic mass is 10.0. The number of allylic oxidation sites excluding steroid dienone is 4. The number of phenolic OH excluding ortho intramolecular Hbond substituents is 1. The quantitative estimate of drug-likeness (QED) is 0.210. The molecule has 0 saturated heterocycles. The Hall–Kier alpha value is -2.53. The number of hydrogen-bond acceptors (Lipinski definition) is 4. The van der Waals surface area contributed by atoms with Crippen molar-refractivity contribution in [1.82, 2.24) is 0 Å². The van der Waals surface area contributed by atoms with Gasteiger partial charge in [-0.1, -0.05) is 73.4 Å². The predicted molar refractivity (Wildman–Crippen MR) is 132 cm³/mol. The van der Waals surface area contributed by atoms with Crippen molar-refractivity contribution in [3.63, 3.8) is 0 Å². The second kappa shape index (κ2) is 12.5. The first-order valence-corrected chi connectivity index (χ1v) is 12.8. The van der Waals surface area contributed by atoms with Gasteiger partial charge in [-0.15, -0.1) is 0 Å². The van der Waals surface area contributed by atoms with Gasteiger partial charge in [0.15, 0.2) is 4.90 Å². The molecule has 0 radical (unpaired) electrons. The normalized spacial score (nSPS) is 11.9. The molecule has 2 rings (SSSR count). The van der Waals surface area contributed by atoms with Crippen LogP contribution in [-0.4, -0.2) is 13.5 Å². The molecule has 0 aliphatic rings. The van der Waals surface area contributed by atoms with Gasteiger partial charge < -0.3 is 9.29 Å². The Bertz CT molecular complexity index is 1030. The molecule has 32 heavy (non-hydrogen) atoms. The Kier molecular flexibility index (Phi) is 10.0. The Morgan fingerprint density at radius 3 is 2.31 bits per heavy atom. The molecular formula is C27H36O4S. The van der Waals surface area contributed by atoms with Crippen LogP contribution in [0.25, 0.3) is 0 Å². The van der Waals surface area contributed by atoms with E-state index in [1.54, 1.807) is 30.3 Å². The van der Waals surface area contributed by atoms with Crippen LogP contribution in [0.3, 0.4) is 0 Å². The van der Waals surface area contributed by atoms with Crippen LogP contribution >= 0.6 is 0 Å². The van der Waals surface area contributed by atoms with Gasteiger partial charge in [-0.05, 0) is 76.1 Å². The zero-order valence-corrected chi connectivity index (χ0v) is 20.5. The number of benzene rings is 2. The summed E-state index contributed by atoms with van der Waals surface area (Å²) in [5.74, 6) is 0.0232. The summed E-state index contributed by atoms with van der Waals surface area (Å²) in [5, 5.41) is 11.0. The molecule has 0 aromatic heterocycles. The first-order chi connectivity index (χ1) is 15.2. The van der Waals surface area contributed by atoms with Crippen LogP contribution in [0, 0.1) is 0 Å². The molecule has 0 amide bonds. The van der Waals surface area contributed by atoms with E-state index in [1.165, 1.54) is 11.1 Å². The minimum Gasteiger partial charge on any atom is -0.506 e. The lowest BCUT2D eigenvalue weighted by molar-refractivity contribution is 0.437. The Balaban J connectivity index is 2.35. The lowest BCUT2D eigenvalue weighted by Crippen LogP contribution is -2.13. The first-order valence-electron chi connectivity index (χ1n) is 11.4. The second-order valence-corrected chi connectivity index (χ2v) is 9.93. The maximum Gasteiger partial charge on any atom is 0.343 e. The zero-order valence-electron chi connectivity index (χ0n) is 19.7. The highest BCUT2D eigenvalue weighted by molar-refractivity contribution is 7.87. The maximum atomic E-state index is 13.2. The van der Waals surface area contributed by atoms with Crippen molar-refractivity contribution < 1.29 is 17.7 Å². The number of para-hydroxylation sites is 1. The molecule has 0 heterocycles. The van der Waals surface area contributed by atoms with Gasteiger partial charge in [0.25, 0.3) is 0 Å². The van der Waals surface area contributed by atoms with Crippen molar-refractivity contribution in [2.45, 2.75) is 77.5 Å². The highest BCUT2D eigenvalue weighted by atomic mass is 32.2. The third kappa shape index (κ3) is 7.86. The van der Waals surface area contributed by atoms with E-state index >= 15 is 0 Å². The Labute approximate surface area is 193 Å². The minimum atomic E-state index is -4.18. The van der Waals surface area contributed by atoms with Crippen molar-refractivity contribution in [3.05, 3.63) is 76.9 Å². The molecule has 174 valence electrons. The molecule has 0 atom stereocenters. The molecule has 1 N–H and O–H groups in total. The molecule has 0 spiro atoms. The maximum absolute atomic E-state index is 13.2. The van der Waals surface area contributed by atoms with Crippen LogP contribution < -0.4 is 4.18 Å². The second-order valence-electron chi connectivity index (χ2n) is 8.44. The molecule has 4 nitrogen and oxygen atoms in total. The van der Waals surface area contributed by atoms with E-state index in [-0.39, 0.29) is 16.4 Å². The summed E-state index contributed by atoms with van der Waals surface area (Å²) >= 11 is 0. The zero-order chi connectivity index (χ0) is 23.6. The highest BCUT2D eigenvalue weighted by Crippen LogP contribution is 2.34. The summed E-state index contributed by atoms with van der Waals surface area (Å²) in [6.45, 7) is 8.32. The van der Waals surface area contributed by atoms with Crippen LogP contribution in [0.5, 0.6) is 11.5 Å². The third-order valence-electron chi connectivity index (χ3n) is 5.31. The fraction of sp³-hybridized carbons (Fsp3) is 0.407. The molecule has 2 aromatic rings. The molecule has 0 aliphatic heterocycles. The fourth-order valence-corrected chi connectivity index (χ4v) is 4.79. The van der Waals surface area contributed by atoms with Crippen molar-refractivity contribution in [3.8, 4) is 11.5 Å². The van der Waals surface area contributed by atoms with Gasteiger partial charge in [0.1, 0.15) is 11.5 Å².